The minimum absolute atomic E-state index is 0.292. The molecule has 0 fully saturated rings. The van der Waals surface area contributed by atoms with Crippen LogP contribution in [0.25, 0.3) is 0 Å². The number of rotatable bonds is 13. The van der Waals surface area contributed by atoms with Crippen LogP contribution in [0.3, 0.4) is 0 Å². The van der Waals surface area contributed by atoms with E-state index in [0.29, 0.717) is 6.42 Å². The molecule has 3 nitrogen and oxygen atoms in total. The lowest BCUT2D eigenvalue weighted by atomic mass is 10.1. The van der Waals surface area contributed by atoms with Crippen LogP contribution >= 0.6 is 0 Å². The van der Waals surface area contributed by atoms with E-state index in [0.717, 1.165) is 6.42 Å². The van der Waals surface area contributed by atoms with Gasteiger partial charge in [-0.15, -0.1) is 0 Å². The summed E-state index contributed by atoms with van der Waals surface area (Å²) in [7, 11) is 0. The minimum atomic E-state index is -0.711. The molecule has 21 heavy (non-hydrogen) atoms. The van der Waals surface area contributed by atoms with E-state index in [1.54, 1.807) is 0 Å². The standard InChI is InChI=1S/C14H31N.C4H8O2/c1-4-7-8-9-10-11-12-13-14-15(5-2)6-3;1-2-3-4(5)6/h4-14H2,1-3H3;2-3H2,1H3,(H,5,6). The Kier molecular flexibility index (Phi) is 21.0. The van der Waals surface area contributed by atoms with Crippen molar-refractivity contribution < 1.29 is 9.90 Å². The molecule has 0 saturated heterocycles. The lowest BCUT2D eigenvalue weighted by Crippen LogP contribution is -2.23. The van der Waals surface area contributed by atoms with Gasteiger partial charge in [0.1, 0.15) is 0 Å². The maximum atomic E-state index is 9.60. The molecule has 0 spiro atoms. The molecular formula is C18H39NO2. The SMILES string of the molecule is CCCC(=O)O.CCCCCCCCCCN(CC)CC. The monoisotopic (exact) mass is 301 g/mol. The molecule has 0 rings (SSSR count). The molecule has 0 atom stereocenters. The molecule has 0 aliphatic heterocycles. The predicted octanol–water partition coefficient (Wildman–Crippen LogP) is 5.34. The molecule has 0 aliphatic rings. The number of carbonyl (C=O) groups is 1. The summed E-state index contributed by atoms with van der Waals surface area (Å²) in [4.78, 5) is 12.1. The van der Waals surface area contributed by atoms with Crippen molar-refractivity contribution in [3.63, 3.8) is 0 Å². The summed E-state index contributed by atoms with van der Waals surface area (Å²) in [5.74, 6) is -0.711. The van der Waals surface area contributed by atoms with Crippen LogP contribution in [0.2, 0.25) is 0 Å². The Hall–Kier alpha value is -0.570. The molecule has 1 N–H and O–H groups in total. The number of unbranched alkanes of at least 4 members (excludes halogenated alkanes) is 7. The topological polar surface area (TPSA) is 40.5 Å². The van der Waals surface area contributed by atoms with Gasteiger partial charge in [-0.05, 0) is 32.5 Å². The lowest BCUT2D eigenvalue weighted by Gasteiger charge is -2.17. The van der Waals surface area contributed by atoms with Crippen molar-refractivity contribution in [1.29, 1.82) is 0 Å². The Morgan fingerprint density at radius 3 is 1.57 bits per heavy atom. The van der Waals surface area contributed by atoms with Crippen molar-refractivity contribution in [1.82, 2.24) is 4.90 Å². The van der Waals surface area contributed by atoms with Gasteiger partial charge >= 0.3 is 5.97 Å². The summed E-state index contributed by atoms with van der Waals surface area (Å²) in [6.45, 7) is 12.4. The van der Waals surface area contributed by atoms with E-state index in [-0.39, 0.29) is 0 Å². The second-order valence-corrected chi connectivity index (χ2v) is 5.65. The summed E-state index contributed by atoms with van der Waals surface area (Å²) in [6.07, 6.45) is 12.5. The molecule has 0 aliphatic carbocycles. The molecular weight excluding hydrogens is 262 g/mol. The Balaban J connectivity index is 0. The van der Waals surface area contributed by atoms with Crippen molar-refractivity contribution in [2.24, 2.45) is 0 Å². The summed E-state index contributed by atoms with van der Waals surface area (Å²) >= 11 is 0. The average molecular weight is 302 g/mol. The third-order valence-electron chi connectivity index (χ3n) is 3.69. The Bertz CT molecular complexity index is 203. The predicted molar refractivity (Wildman–Crippen MR) is 92.9 cm³/mol. The first-order valence-electron chi connectivity index (χ1n) is 9.06. The molecule has 0 heterocycles. The molecule has 0 aromatic heterocycles. The average Bonchev–Trinajstić information content (AvgIpc) is 2.46. The Morgan fingerprint density at radius 2 is 1.24 bits per heavy atom. The third-order valence-corrected chi connectivity index (χ3v) is 3.69. The maximum absolute atomic E-state index is 9.60. The summed E-state index contributed by atoms with van der Waals surface area (Å²) in [6, 6.07) is 0. The molecule has 0 amide bonds. The van der Waals surface area contributed by atoms with E-state index in [9.17, 15) is 4.79 Å². The van der Waals surface area contributed by atoms with Gasteiger partial charge in [0.05, 0.1) is 0 Å². The summed E-state index contributed by atoms with van der Waals surface area (Å²) < 4.78 is 0. The van der Waals surface area contributed by atoms with Crippen LogP contribution in [-0.4, -0.2) is 35.6 Å². The quantitative estimate of drug-likeness (QED) is 0.467. The highest BCUT2D eigenvalue weighted by Crippen LogP contribution is 2.08. The van der Waals surface area contributed by atoms with Gasteiger partial charge in [0.15, 0.2) is 0 Å². The second-order valence-electron chi connectivity index (χ2n) is 5.65. The lowest BCUT2D eigenvalue weighted by molar-refractivity contribution is -0.137. The van der Waals surface area contributed by atoms with Crippen LogP contribution in [-0.2, 0) is 4.79 Å². The smallest absolute Gasteiger partial charge is 0.303 e. The van der Waals surface area contributed by atoms with E-state index >= 15 is 0 Å². The van der Waals surface area contributed by atoms with Crippen molar-refractivity contribution >= 4 is 5.97 Å². The molecule has 0 unspecified atom stereocenters. The van der Waals surface area contributed by atoms with Gasteiger partial charge in [0.2, 0.25) is 0 Å². The first-order valence-corrected chi connectivity index (χ1v) is 9.06. The van der Waals surface area contributed by atoms with Gasteiger partial charge in [-0.2, -0.15) is 0 Å². The molecule has 0 aromatic carbocycles. The number of carboxylic acids is 1. The fourth-order valence-electron chi connectivity index (χ4n) is 2.22. The fraction of sp³-hybridized carbons (Fsp3) is 0.944. The van der Waals surface area contributed by atoms with E-state index in [2.05, 4.69) is 25.7 Å². The zero-order chi connectivity index (χ0) is 16.3. The van der Waals surface area contributed by atoms with Crippen LogP contribution in [0.5, 0.6) is 0 Å². The Labute approximate surface area is 133 Å². The maximum Gasteiger partial charge on any atom is 0.303 e. The molecule has 0 aromatic rings. The van der Waals surface area contributed by atoms with Gasteiger partial charge in [-0.25, -0.2) is 0 Å². The largest absolute Gasteiger partial charge is 0.481 e. The number of carboxylic acid groups (broad SMARTS) is 1. The second kappa shape index (κ2) is 19.4. The number of nitrogens with zero attached hydrogens (tertiary/aromatic N) is 1. The zero-order valence-electron chi connectivity index (χ0n) is 15.0. The van der Waals surface area contributed by atoms with Gasteiger partial charge in [-0.3, -0.25) is 4.79 Å². The molecule has 0 bridgehead atoms. The van der Waals surface area contributed by atoms with E-state index in [1.807, 2.05) is 6.92 Å². The van der Waals surface area contributed by atoms with Crippen LogP contribution < -0.4 is 0 Å². The molecule has 3 heteroatoms. The Morgan fingerprint density at radius 1 is 0.762 bits per heavy atom. The van der Waals surface area contributed by atoms with E-state index in [1.165, 1.54) is 71.0 Å². The van der Waals surface area contributed by atoms with E-state index < -0.39 is 5.97 Å². The van der Waals surface area contributed by atoms with Crippen LogP contribution in [0.4, 0.5) is 0 Å². The first kappa shape index (κ1) is 22.7. The van der Waals surface area contributed by atoms with Crippen LogP contribution in [0.15, 0.2) is 0 Å². The molecule has 0 radical (unpaired) electrons. The minimum Gasteiger partial charge on any atom is -0.481 e. The van der Waals surface area contributed by atoms with Crippen molar-refractivity contribution in [3.05, 3.63) is 0 Å². The summed E-state index contributed by atoms with van der Waals surface area (Å²) in [5.41, 5.74) is 0. The van der Waals surface area contributed by atoms with Gasteiger partial charge in [-0.1, -0.05) is 72.6 Å². The number of aliphatic carboxylic acids is 1. The molecule has 0 saturated carbocycles. The number of hydrogen-bond acceptors (Lipinski definition) is 2. The fourth-order valence-corrected chi connectivity index (χ4v) is 2.22. The van der Waals surface area contributed by atoms with Crippen LogP contribution in [0.1, 0.15) is 91.9 Å². The normalized spacial score (nSPS) is 10.3. The highest BCUT2D eigenvalue weighted by Gasteiger charge is 1.97. The van der Waals surface area contributed by atoms with Crippen molar-refractivity contribution in [3.8, 4) is 0 Å². The highest BCUT2D eigenvalue weighted by atomic mass is 16.4. The van der Waals surface area contributed by atoms with Crippen molar-refractivity contribution in [2.45, 2.75) is 91.9 Å². The van der Waals surface area contributed by atoms with Crippen LogP contribution in [0, 0.1) is 0 Å². The van der Waals surface area contributed by atoms with Gasteiger partial charge < -0.3 is 10.0 Å². The van der Waals surface area contributed by atoms with Crippen molar-refractivity contribution in [2.75, 3.05) is 19.6 Å². The van der Waals surface area contributed by atoms with E-state index in [4.69, 9.17) is 5.11 Å². The first-order chi connectivity index (χ1) is 10.1. The zero-order valence-corrected chi connectivity index (χ0v) is 15.0. The number of hydrogen-bond donors (Lipinski definition) is 1. The van der Waals surface area contributed by atoms with Gasteiger partial charge in [0, 0.05) is 6.42 Å². The summed E-state index contributed by atoms with van der Waals surface area (Å²) in [5, 5.41) is 7.91. The third kappa shape index (κ3) is 21.9. The van der Waals surface area contributed by atoms with Gasteiger partial charge in [0.25, 0.3) is 0 Å². The highest BCUT2D eigenvalue weighted by molar-refractivity contribution is 5.66. The molecule has 128 valence electrons.